The first-order chi connectivity index (χ1) is 12.0. The van der Waals surface area contributed by atoms with Crippen LogP contribution >= 0.6 is 0 Å². The Morgan fingerprint density at radius 2 is 1.88 bits per heavy atom. The van der Waals surface area contributed by atoms with E-state index in [1.54, 1.807) is 0 Å². The van der Waals surface area contributed by atoms with E-state index in [2.05, 4.69) is 15.4 Å². The Morgan fingerprint density at radius 3 is 2.60 bits per heavy atom. The molecule has 3 rings (SSSR count). The number of anilines is 1. The van der Waals surface area contributed by atoms with Gasteiger partial charge in [0, 0.05) is 11.3 Å². The Balaban J connectivity index is 1.76. The largest absolute Gasteiger partial charge is 0.365 e. The molecule has 2 aromatic carbocycles. The zero-order valence-electron chi connectivity index (χ0n) is 14.1. The van der Waals surface area contributed by atoms with Crippen molar-refractivity contribution in [2.24, 2.45) is 0 Å². The van der Waals surface area contributed by atoms with Gasteiger partial charge in [0.25, 0.3) is 0 Å². The molecule has 1 amide bonds. The highest BCUT2D eigenvalue weighted by Crippen LogP contribution is 2.16. The van der Waals surface area contributed by atoms with Crippen LogP contribution in [0.2, 0.25) is 0 Å². The number of nitrogens with one attached hydrogen (secondary N) is 1. The average molecular weight is 334 g/mol. The van der Waals surface area contributed by atoms with Crippen LogP contribution in [0.5, 0.6) is 0 Å². The van der Waals surface area contributed by atoms with E-state index in [-0.39, 0.29) is 12.5 Å². The Kier molecular flexibility index (Phi) is 4.70. The van der Waals surface area contributed by atoms with E-state index in [0.29, 0.717) is 5.69 Å². The minimum atomic E-state index is -0.558. The second kappa shape index (κ2) is 7.09. The summed E-state index contributed by atoms with van der Waals surface area (Å²) in [5.41, 5.74) is 3.46. The van der Waals surface area contributed by atoms with Crippen LogP contribution < -0.4 is 11.0 Å². The minimum absolute atomic E-state index is 0.186. The second-order valence-electron chi connectivity index (χ2n) is 5.81. The second-order valence-corrected chi connectivity index (χ2v) is 5.81. The van der Waals surface area contributed by atoms with E-state index >= 15 is 0 Å². The molecule has 0 fully saturated rings. The van der Waals surface area contributed by atoms with Gasteiger partial charge in [-0.15, -0.1) is 0 Å². The fourth-order valence-corrected chi connectivity index (χ4v) is 2.42. The molecule has 1 heterocycles. The maximum absolute atomic E-state index is 12.2. The molecule has 3 aromatic rings. The third kappa shape index (κ3) is 3.98. The summed E-state index contributed by atoms with van der Waals surface area (Å²) >= 11 is 0. The molecule has 25 heavy (non-hydrogen) atoms. The molecule has 0 aliphatic carbocycles. The number of hydrogen-bond acceptors (Lipinski definition) is 4. The van der Waals surface area contributed by atoms with Gasteiger partial charge in [0.15, 0.2) is 0 Å². The summed E-state index contributed by atoms with van der Waals surface area (Å²) < 4.78 is 1.05. The molecule has 0 radical (unpaired) electrons. The van der Waals surface area contributed by atoms with Crippen LogP contribution in [-0.2, 0) is 11.3 Å². The molecule has 0 atom stereocenters. The molecule has 1 N–H and O–H groups in total. The molecule has 0 saturated carbocycles. The topological polar surface area (TPSA) is 76.9 Å². The Hall–Kier alpha value is -3.28. The molecule has 0 unspecified atom stereocenters. The fraction of sp³-hybridized carbons (Fsp3) is 0.158. The smallest absolute Gasteiger partial charge is 0.324 e. The molecule has 6 heteroatoms. The van der Waals surface area contributed by atoms with Crippen molar-refractivity contribution in [1.29, 1.82) is 0 Å². The number of carbonyl (C=O) groups excluding carboxylic acids is 1. The third-order valence-corrected chi connectivity index (χ3v) is 3.79. The van der Waals surface area contributed by atoms with E-state index in [0.717, 1.165) is 27.1 Å². The number of carbonyl (C=O) groups is 1. The van der Waals surface area contributed by atoms with Crippen LogP contribution in [0.1, 0.15) is 11.1 Å². The van der Waals surface area contributed by atoms with Gasteiger partial charge >= 0.3 is 5.69 Å². The van der Waals surface area contributed by atoms with Crippen molar-refractivity contribution in [2.75, 3.05) is 5.32 Å². The lowest BCUT2D eigenvalue weighted by atomic mass is 10.1. The molecule has 0 bridgehead atoms. The summed E-state index contributed by atoms with van der Waals surface area (Å²) in [6, 6.07) is 15.1. The first kappa shape index (κ1) is 16.6. The summed E-state index contributed by atoms with van der Waals surface area (Å²) in [6.45, 7) is 3.68. The summed E-state index contributed by atoms with van der Waals surface area (Å²) in [7, 11) is 0. The van der Waals surface area contributed by atoms with Crippen molar-refractivity contribution >= 4 is 11.6 Å². The number of amides is 1. The van der Waals surface area contributed by atoms with Gasteiger partial charge in [0.1, 0.15) is 6.54 Å². The van der Waals surface area contributed by atoms with Crippen LogP contribution in [0.4, 0.5) is 5.69 Å². The lowest BCUT2D eigenvalue weighted by Gasteiger charge is -2.10. The highest BCUT2D eigenvalue weighted by atomic mass is 16.2. The SMILES string of the molecule is Cc1ccc(C)c(NC(=O)Cn2ncc(-c3ccccc3)nc2=O)c1. The van der Waals surface area contributed by atoms with Crippen LogP contribution in [0.15, 0.2) is 59.5 Å². The monoisotopic (exact) mass is 334 g/mol. The first-order valence-electron chi connectivity index (χ1n) is 7.89. The van der Waals surface area contributed by atoms with Crippen molar-refractivity contribution in [3.05, 3.63) is 76.3 Å². The van der Waals surface area contributed by atoms with Crippen molar-refractivity contribution in [3.8, 4) is 11.3 Å². The van der Waals surface area contributed by atoms with Crippen LogP contribution in [0.3, 0.4) is 0 Å². The zero-order valence-corrected chi connectivity index (χ0v) is 14.1. The first-order valence-corrected chi connectivity index (χ1v) is 7.89. The zero-order chi connectivity index (χ0) is 17.8. The number of aryl methyl sites for hydroxylation is 2. The Labute approximate surface area is 145 Å². The summed E-state index contributed by atoms with van der Waals surface area (Å²) in [5.74, 6) is -0.322. The normalized spacial score (nSPS) is 10.5. The summed E-state index contributed by atoms with van der Waals surface area (Å²) in [6.07, 6.45) is 1.49. The number of rotatable bonds is 4. The molecule has 0 spiro atoms. The number of aromatic nitrogens is 3. The molecule has 1 aromatic heterocycles. The molecule has 0 aliphatic rings. The Morgan fingerprint density at radius 1 is 1.12 bits per heavy atom. The molecular formula is C19H18N4O2. The van der Waals surface area contributed by atoms with E-state index in [1.165, 1.54) is 6.20 Å². The van der Waals surface area contributed by atoms with Gasteiger partial charge < -0.3 is 5.32 Å². The molecule has 126 valence electrons. The molecule has 0 aliphatic heterocycles. The Bertz CT molecular complexity index is 965. The molecule has 0 saturated heterocycles. The maximum atomic E-state index is 12.2. The lowest BCUT2D eigenvalue weighted by molar-refractivity contribution is -0.117. The predicted molar refractivity (Wildman–Crippen MR) is 96.3 cm³/mol. The van der Waals surface area contributed by atoms with E-state index in [4.69, 9.17) is 0 Å². The lowest BCUT2D eigenvalue weighted by Crippen LogP contribution is -2.31. The number of hydrogen-bond donors (Lipinski definition) is 1. The molecule has 6 nitrogen and oxygen atoms in total. The van der Waals surface area contributed by atoms with Gasteiger partial charge in [-0.05, 0) is 31.0 Å². The van der Waals surface area contributed by atoms with Crippen molar-refractivity contribution in [1.82, 2.24) is 14.8 Å². The molecular weight excluding hydrogens is 316 g/mol. The van der Waals surface area contributed by atoms with Crippen LogP contribution in [0.25, 0.3) is 11.3 Å². The van der Waals surface area contributed by atoms with Gasteiger partial charge in [-0.2, -0.15) is 10.1 Å². The highest BCUT2D eigenvalue weighted by Gasteiger charge is 2.10. The van der Waals surface area contributed by atoms with Gasteiger partial charge in [-0.1, -0.05) is 42.5 Å². The van der Waals surface area contributed by atoms with Gasteiger partial charge in [-0.25, -0.2) is 9.48 Å². The summed E-state index contributed by atoms with van der Waals surface area (Å²) in [4.78, 5) is 28.3. The fourth-order valence-electron chi connectivity index (χ4n) is 2.42. The quantitative estimate of drug-likeness (QED) is 0.795. The van der Waals surface area contributed by atoms with Crippen molar-refractivity contribution in [2.45, 2.75) is 20.4 Å². The highest BCUT2D eigenvalue weighted by molar-refractivity contribution is 5.91. The summed E-state index contributed by atoms with van der Waals surface area (Å²) in [5, 5.41) is 6.86. The standard InChI is InChI=1S/C19H18N4O2/c1-13-8-9-14(2)16(10-13)21-18(24)12-23-19(25)22-17(11-20-23)15-6-4-3-5-7-15/h3-11H,12H2,1-2H3,(H,21,24). The van der Waals surface area contributed by atoms with Crippen LogP contribution in [0, 0.1) is 13.8 Å². The number of benzene rings is 2. The maximum Gasteiger partial charge on any atom is 0.365 e. The van der Waals surface area contributed by atoms with Gasteiger partial charge in [-0.3, -0.25) is 4.79 Å². The third-order valence-electron chi connectivity index (χ3n) is 3.79. The number of nitrogens with zero attached hydrogens (tertiary/aromatic N) is 3. The minimum Gasteiger partial charge on any atom is -0.324 e. The van der Waals surface area contributed by atoms with Crippen molar-refractivity contribution < 1.29 is 4.79 Å². The average Bonchev–Trinajstić information content (AvgIpc) is 2.60. The van der Waals surface area contributed by atoms with E-state index in [1.807, 2.05) is 62.4 Å². The van der Waals surface area contributed by atoms with Crippen LogP contribution in [-0.4, -0.2) is 20.7 Å². The van der Waals surface area contributed by atoms with E-state index < -0.39 is 5.69 Å². The van der Waals surface area contributed by atoms with Gasteiger partial charge in [0.05, 0.1) is 11.9 Å². The van der Waals surface area contributed by atoms with E-state index in [9.17, 15) is 9.59 Å². The predicted octanol–water partition coefficient (Wildman–Crippen LogP) is 2.56. The van der Waals surface area contributed by atoms with Crippen molar-refractivity contribution in [3.63, 3.8) is 0 Å². The van der Waals surface area contributed by atoms with Gasteiger partial charge in [0.2, 0.25) is 5.91 Å².